The number of rotatable bonds is 1. The number of nitrogens with zero attached hydrogens (tertiary/aromatic N) is 5. The number of imidazole rings is 1. The molecule has 0 aliphatic heterocycles. The average molecular weight is 252 g/mol. The van der Waals surface area contributed by atoms with E-state index in [4.69, 9.17) is 0 Å². The van der Waals surface area contributed by atoms with E-state index in [1.165, 1.54) is 4.52 Å². The zero-order chi connectivity index (χ0) is 12.8. The number of aromatic nitrogens is 6. The van der Waals surface area contributed by atoms with Gasteiger partial charge in [0.15, 0.2) is 11.5 Å². The van der Waals surface area contributed by atoms with Crippen molar-refractivity contribution in [1.82, 2.24) is 29.4 Å². The van der Waals surface area contributed by atoms with Crippen LogP contribution in [0.3, 0.4) is 0 Å². The van der Waals surface area contributed by atoms with Crippen LogP contribution in [0.15, 0.2) is 47.5 Å². The summed E-state index contributed by atoms with van der Waals surface area (Å²) in [7, 11) is 0. The molecule has 1 N–H and O–H groups in total. The molecule has 0 radical (unpaired) electrons. The summed E-state index contributed by atoms with van der Waals surface area (Å²) < 4.78 is 3.05. The van der Waals surface area contributed by atoms with E-state index in [0.717, 1.165) is 11.0 Å². The van der Waals surface area contributed by atoms with Crippen LogP contribution in [0, 0.1) is 0 Å². The Hall–Kier alpha value is -2.96. The van der Waals surface area contributed by atoms with Crippen molar-refractivity contribution >= 4 is 16.7 Å². The van der Waals surface area contributed by atoms with E-state index >= 15 is 0 Å². The summed E-state index contributed by atoms with van der Waals surface area (Å²) in [5.41, 5.74) is 1.94. The van der Waals surface area contributed by atoms with E-state index in [-0.39, 0.29) is 5.69 Å². The zero-order valence-corrected chi connectivity index (χ0v) is 9.69. The van der Waals surface area contributed by atoms with Gasteiger partial charge in [0.25, 0.3) is 0 Å². The van der Waals surface area contributed by atoms with E-state index in [1.54, 1.807) is 18.5 Å². The summed E-state index contributed by atoms with van der Waals surface area (Å²) in [5, 5.41) is 10.5. The number of hydrogen-bond donors (Lipinski definition) is 1. The van der Waals surface area contributed by atoms with Crippen LogP contribution in [0.2, 0.25) is 0 Å². The molecule has 0 saturated carbocycles. The zero-order valence-electron chi connectivity index (χ0n) is 9.69. The van der Waals surface area contributed by atoms with Crippen molar-refractivity contribution in [2.24, 2.45) is 0 Å². The molecule has 3 heterocycles. The molecule has 0 amide bonds. The Morgan fingerprint density at radius 3 is 2.95 bits per heavy atom. The van der Waals surface area contributed by atoms with Crippen LogP contribution in [0.25, 0.3) is 22.5 Å². The fraction of sp³-hybridized carbons (Fsp3) is 0. The SMILES string of the molecule is O=c1[nH]nc2ccc(-n3cnc4ccccc43)nn12. The molecule has 0 bridgehead atoms. The van der Waals surface area contributed by atoms with E-state index < -0.39 is 0 Å². The molecule has 4 rings (SSSR count). The van der Waals surface area contributed by atoms with Gasteiger partial charge in [0.1, 0.15) is 6.33 Å². The summed E-state index contributed by atoms with van der Waals surface area (Å²) in [5.74, 6) is 0.615. The Morgan fingerprint density at radius 1 is 1.11 bits per heavy atom. The van der Waals surface area contributed by atoms with Gasteiger partial charge in [-0.1, -0.05) is 12.1 Å². The second-order valence-corrected chi connectivity index (χ2v) is 4.09. The largest absolute Gasteiger partial charge is 0.364 e. The Kier molecular flexibility index (Phi) is 1.85. The number of H-pyrrole nitrogens is 1. The third-order valence-electron chi connectivity index (χ3n) is 2.96. The molecule has 0 atom stereocenters. The maximum atomic E-state index is 11.5. The molecule has 19 heavy (non-hydrogen) atoms. The van der Waals surface area contributed by atoms with Gasteiger partial charge in [-0.2, -0.15) is 9.61 Å². The second kappa shape index (κ2) is 3.52. The van der Waals surface area contributed by atoms with Crippen molar-refractivity contribution in [1.29, 1.82) is 0 Å². The summed E-state index contributed by atoms with van der Waals surface area (Å²) in [6.07, 6.45) is 1.68. The molecule has 0 unspecified atom stereocenters. The van der Waals surface area contributed by atoms with Crippen LogP contribution in [0.1, 0.15) is 0 Å². The molecule has 0 spiro atoms. The molecule has 0 aliphatic carbocycles. The van der Waals surface area contributed by atoms with Crippen molar-refractivity contribution in [2.45, 2.75) is 0 Å². The monoisotopic (exact) mass is 252 g/mol. The van der Waals surface area contributed by atoms with Crippen molar-refractivity contribution in [3.63, 3.8) is 0 Å². The minimum absolute atomic E-state index is 0.360. The van der Waals surface area contributed by atoms with E-state index in [2.05, 4.69) is 20.3 Å². The molecular formula is C12H8N6O. The number of hydrogen-bond acceptors (Lipinski definition) is 4. The third-order valence-corrected chi connectivity index (χ3v) is 2.96. The normalized spacial score (nSPS) is 11.4. The van der Waals surface area contributed by atoms with Crippen molar-refractivity contribution in [3.8, 4) is 5.82 Å². The number of fused-ring (bicyclic) bond motifs is 2. The fourth-order valence-electron chi connectivity index (χ4n) is 2.06. The van der Waals surface area contributed by atoms with Crippen LogP contribution < -0.4 is 5.69 Å². The Bertz CT molecular complexity index is 947. The highest BCUT2D eigenvalue weighted by molar-refractivity contribution is 5.76. The van der Waals surface area contributed by atoms with Gasteiger partial charge in [-0.15, -0.1) is 5.10 Å². The highest BCUT2D eigenvalue weighted by Gasteiger charge is 2.07. The van der Waals surface area contributed by atoms with Gasteiger partial charge < -0.3 is 0 Å². The topological polar surface area (TPSA) is 80.9 Å². The van der Waals surface area contributed by atoms with Gasteiger partial charge in [0, 0.05) is 0 Å². The fourth-order valence-corrected chi connectivity index (χ4v) is 2.06. The summed E-state index contributed by atoms with van der Waals surface area (Å²) in [6, 6.07) is 11.3. The molecule has 0 fully saturated rings. The first-order valence-corrected chi connectivity index (χ1v) is 5.70. The number of aromatic amines is 1. The first-order chi connectivity index (χ1) is 9.33. The summed E-state index contributed by atoms with van der Waals surface area (Å²) in [6.45, 7) is 0. The number of benzene rings is 1. The molecule has 3 aromatic heterocycles. The summed E-state index contributed by atoms with van der Waals surface area (Å²) >= 11 is 0. The maximum absolute atomic E-state index is 11.5. The second-order valence-electron chi connectivity index (χ2n) is 4.09. The first-order valence-electron chi connectivity index (χ1n) is 5.70. The molecule has 7 nitrogen and oxygen atoms in total. The average Bonchev–Trinajstić information content (AvgIpc) is 3.03. The minimum Gasteiger partial charge on any atom is -0.281 e. The minimum atomic E-state index is -0.360. The Morgan fingerprint density at radius 2 is 2.00 bits per heavy atom. The number of nitrogens with one attached hydrogen (secondary N) is 1. The summed E-state index contributed by atoms with van der Waals surface area (Å²) in [4.78, 5) is 15.8. The predicted molar refractivity (Wildman–Crippen MR) is 68.2 cm³/mol. The lowest BCUT2D eigenvalue weighted by Crippen LogP contribution is -2.13. The first kappa shape index (κ1) is 10.0. The molecule has 4 aromatic rings. The highest BCUT2D eigenvalue weighted by atomic mass is 16.2. The highest BCUT2D eigenvalue weighted by Crippen LogP contribution is 2.15. The Labute approximate surface area is 106 Å². The standard InChI is InChI=1S/C12H8N6O/c19-12-15-14-10-5-6-11(16-18(10)12)17-7-13-8-3-1-2-4-9(8)17/h1-7H,(H,15,19). The predicted octanol–water partition coefficient (Wildman–Crippen LogP) is 0.756. The quantitative estimate of drug-likeness (QED) is 0.542. The van der Waals surface area contributed by atoms with E-state index in [9.17, 15) is 4.79 Å². The molecule has 0 saturated heterocycles. The van der Waals surface area contributed by atoms with Gasteiger partial charge in [-0.25, -0.2) is 14.9 Å². The lowest BCUT2D eigenvalue weighted by Gasteiger charge is -2.02. The molecule has 92 valence electrons. The van der Waals surface area contributed by atoms with Gasteiger partial charge >= 0.3 is 5.69 Å². The van der Waals surface area contributed by atoms with Crippen LogP contribution in [-0.4, -0.2) is 29.4 Å². The molecule has 0 aliphatic rings. The van der Waals surface area contributed by atoms with Crippen LogP contribution in [0.4, 0.5) is 0 Å². The van der Waals surface area contributed by atoms with Crippen LogP contribution in [-0.2, 0) is 0 Å². The molecular weight excluding hydrogens is 244 g/mol. The maximum Gasteiger partial charge on any atom is 0.364 e. The lowest BCUT2D eigenvalue weighted by atomic mass is 10.3. The lowest BCUT2D eigenvalue weighted by molar-refractivity contribution is 0.839. The van der Waals surface area contributed by atoms with Crippen molar-refractivity contribution in [2.75, 3.05) is 0 Å². The number of para-hydroxylation sites is 2. The van der Waals surface area contributed by atoms with Gasteiger partial charge in [0.2, 0.25) is 0 Å². The van der Waals surface area contributed by atoms with Crippen LogP contribution >= 0.6 is 0 Å². The molecule has 1 aromatic carbocycles. The van der Waals surface area contributed by atoms with Crippen LogP contribution in [0.5, 0.6) is 0 Å². The molecule has 7 heteroatoms. The van der Waals surface area contributed by atoms with Gasteiger partial charge in [-0.05, 0) is 24.3 Å². The third kappa shape index (κ3) is 1.38. The van der Waals surface area contributed by atoms with E-state index in [0.29, 0.717) is 11.5 Å². The van der Waals surface area contributed by atoms with E-state index in [1.807, 2.05) is 28.8 Å². The van der Waals surface area contributed by atoms with Crippen molar-refractivity contribution in [3.05, 3.63) is 53.2 Å². The van der Waals surface area contributed by atoms with Gasteiger partial charge in [0.05, 0.1) is 11.0 Å². The smallest absolute Gasteiger partial charge is 0.281 e. The Balaban J connectivity index is 2.03. The van der Waals surface area contributed by atoms with Crippen molar-refractivity contribution < 1.29 is 0 Å². The van der Waals surface area contributed by atoms with Gasteiger partial charge in [-0.3, -0.25) is 4.57 Å².